The molecule has 1 aromatic carbocycles. The highest BCUT2D eigenvalue weighted by Crippen LogP contribution is 2.17. The van der Waals surface area contributed by atoms with Crippen molar-refractivity contribution in [2.75, 3.05) is 6.54 Å². The zero-order valence-corrected chi connectivity index (χ0v) is 8.02. The van der Waals surface area contributed by atoms with Gasteiger partial charge in [0.05, 0.1) is 4.92 Å². The van der Waals surface area contributed by atoms with E-state index in [4.69, 9.17) is 0 Å². The van der Waals surface area contributed by atoms with Gasteiger partial charge in [0.15, 0.2) is 0 Å². The van der Waals surface area contributed by atoms with Crippen LogP contribution in [-0.2, 0) is 6.42 Å². The molecule has 0 amide bonds. The average molecular weight is 210 g/mol. The van der Waals surface area contributed by atoms with Crippen molar-refractivity contribution in [2.24, 2.45) is 0 Å². The van der Waals surface area contributed by atoms with Crippen LogP contribution in [0.2, 0.25) is 0 Å². The van der Waals surface area contributed by atoms with E-state index in [1.54, 1.807) is 12.1 Å². The molecule has 1 aliphatic heterocycles. The second-order valence-electron chi connectivity index (χ2n) is 3.66. The summed E-state index contributed by atoms with van der Waals surface area (Å²) in [7, 11) is 0. The number of hydrogen-bond acceptors (Lipinski definition) is 3. The minimum atomic E-state index is -0.791. The summed E-state index contributed by atoms with van der Waals surface area (Å²) in [5.41, 5.74) is 0.984. The summed E-state index contributed by atoms with van der Waals surface area (Å²) < 4.78 is 12.9. The lowest BCUT2D eigenvalue weighted by molar-refractivity contribution is -0.384. The summed E-state index contributed by atoms with van der Waals surface area (Å²) >= 11 is 0. The van der Waals surface area contributed by atoms with Crippen LogP contribution in [-0.4, -0.2) is 23.7 Å². The van der Waals surface area contributed by atoms with Crippen molar-refractivity contribution >= 4 is 5.69 Å². The van der Waals surface area contributed by atoms with E-state index in [1.807, 2.05) is 0 Å². The number of nitrogens with zero attached hydrogens (tertiary/aromatic N) is 1. The Hall–Kier alpha value is -1.49. The van der Waals surface area contributed by atoms with Gasteiger partial charge in [-0.15, -0.1) is 0 Å². The lowest BCUT2D eigenvalue weighted by Gasteiger charge is -2.32. The predicted octanol–water partition coefficient (Wildman–Crippen LogP) is 1.45. The molecule has 4 nitrogen and oxygen atoms in total. The van der Waals surface area contributed by atoms with Gasteiger partial charge in [-0.05, 0) is 12.0 Å². The van der Waals surface area contributed by atoms with Crippen molar-refractivity contribution in [3.63, 3.8) is 0 Å². The van der Waals surface area contributed by atoms with Crippen LogP contribution in [0.5, 0.6) is 0 Å². The number of nitro groups is 1. The van der Waals surface area contributed by atoms with Gasteiger partial charge in [0, 0.05) is 24.7 Å². The number of hydrogen-bond donors (Lipinski definition) is 1. The van der Waals surface area contributed by atoms with Gasteiger partial charge >= 0.3 is 0 Å². The maximum atomic E-state index is 12.9. The van der Waals surface area contributed by atoms with Crippen molar-refractivity contribution in [3.05, 3.63) is 39.9 Å². The number of nitrogens with one attached hydrogen (secondary N) is 1. The zero-order chi connectivity index (χ0) is 10.8. The van der Waals surface area contributed by atoms with Crippen LogP contribution in [0.25, 0.3) is 0 Å². The fourth-order valence-electron chi connectivity index (χ4n) is 1.58. The van der Waals surface area contributed by atoms with Gasteiger partial charge in [-0.1, -0.05) is 12.1 Å². The molecule has 2 unspecified atom stereocenters. The fraction of sp³-hybridized carbons (Fsp3) is 0.400. The lowest BCUT2D eigenvalue weighted by Crippen LogP contribution is -2.55. The molecule has 1 saturated heterocycles. The first-order chi connectivity index (χ1) is 7.16. The SMILES string of the molecule is O=[N+]([O-])c1ccc(CC2NCC2F)cc1. The molecule has 0 radical (unpaired) electrons. The van der Waals surface area contributed by atoms with Crippen molar-refractivity contribution < 1.29 is 9.31 Å². The molecule has 1 aliphatic rings. The molecule has 5 heteroatoms. The van der Waals surface area contributed by atoms with E-state index in [0.29, 0.717) is 13.0 Å². The number of rotatable bonds is 3. The second-order valence-corrected chi connectivity index (χ2v) is 3.66. The highest BCUT2D eigenvalue weighted by atomic mass is 19.1. The fourth-order valence-corrected chi connectivity index (χ4v) is 1.58. The third-order valence-electron chi connectivity index (χ3n) is 2.61. The molecule has 1 heterocycles. The Morgan fingerprint density at radius 3 is 2.53 bits per heavy atom. The van der Waals surface area contributed by atoms with Crippen molar-refractivity contribution in [3.8, 4) is 0 Å². The maximum Gasteiger partial charge on any atom is 0.269 e. The smallest absolute Gasteiger partial charge is 0.269 e. The summed E-state index contributed by atoms with van der Waals surface area (Å²) in [5, 5.41) is 13.4. The zero-order valence-electron chi connectivity index (χ0n) is 8.02. The summed E-state index contributed by atoms with van der Waals surface area (Å²) in [6.07, 6.45) is -0.209. The van der Waals surface area contributed by atoms with E-state index in [2.05, 4.69) is 5.32 Å². The largest absolute Gasteiger partial charge is 0.308 e. The number of halogens is 1. The Balaban J connectivity index is 2.01. The third-order valence-corrected chi connectivity index (χ3v) is 2.61. The van der Waals surface area contributed by atoms with Crippen molar-refractivity contribution in [1.29, 1.82) is 0 Å². The number of benzene rings is 1. The monoisotopic (exact) mass is 210 g/mol. The first kappa shape index (κ1) is 10.0. The highest BCUT2D eigenvalue weighted by molar-refractivity contribution is 5.33. The number of alkyl halides is 1. The Kier molecular flexibility index (Phi) is 2.64. The van der Waals surface area contributed by atoms with Gasteiger partial charge in [-0.2, -0.15) is 0 Å². The molecule has 15 heavy (non-hydrogen) atoms. The van der Waals surface area contributed by atoms with Gasteiger partial charge in [0.2, 0.25) is 0 Å². The molecule has 2 atom stereocenters. The van der Waals surface area contributed by atoms with Crippen LogP contribution >= 0.6 is 0 Å². The molecule has 0 aromatic heterocycles. The minimum Gasteiger partial charge on any atom is -0.308 e. The van der Waals surface area contributed by atoms with Crippen molar-refractivity contribution in [1.82, 2.24) is 5.32 Å². The molecule has 80 valence electrons. The van der Waals surface area contributed by atoms with E-state index < -0.39 is 11.1 Å². The van der Waals surface area contributed by atoms with E-state index in [1.165, 1.54) is 12.1 Å². The van der Waals surface area contributed by atoms with Gasteiger partial charge in [-0.3, -0.25) is 10.1 Å². The third kappa shape index (κ3) is 2.12. The Morgan fingerprint density at radius 2 is 2.13 bits per heavy atom. The lowest BCUT2D eigenvalue weighted by atomic mass is 9.96. The molecule has 1 N–H and O–H groups in total. The molecular weight excluding hydrogens is 199 g/mol. The molecule has 1 aromatic rings. The maximum absolute atomic E-state index is 12.9. The molecule has 0 aliphatic carbocycles. The molecule has 0 saturated carbocycles. The van der Waals surface area contributed by atoms with Gasteiger partial charge < -0.3 is 5.32 Å². The quantitative estimate of drug-likeness (QED) is 0.606. The van der Waals surface area contributed by atoms with Crippen LogP contribution in [0, 0.1) is 10.1 Å². The van der Waals surface area contributed by atoms with Crippen molar-refractivity contribution in [2.45, 2.75) is 18.6 Å². The van der Waals surface area contributed by atoms with E-state index in [-0.39, 0.29) is 11.7 Å². The molecule has 0 spiro atoms. The number of non-ortho nitro benzene ring substituents is 1. The Bertz CT molecular complexity index is 366. The Labute approximate surface area is 86.3 Å². The number of nitro benzene ring substituents is 1. The summed E-state index contributed by atoms with van der Waals surface area (Å²) in [4.78, 5) is 9.95. The normalized spacial score (nSPS) is 24.6. The Morgan fingerprint density at radius 1 is 1.47 bits per heavy atom. The van der Waals surface area contributed by atoms with Crippen LogP contribution in [0.3, 0.4) is 0 Å². The van der Waals surface area contributed by atoms with E-state index >= 15 is 0 Å². The highest BCUT2D eigenvalue weighted by Gasteiger charge is 2.29. The topological polar surface area (TPSA) is 55.2 Å². The predicted molar refractivity (Wildman–Crippen MR) is 53.5 cm³/mol. The van der Waals surface area contributed by atoms with Crippen LogP contribution in [0.1, 0.15) is 5.56 Å². The van der Waals surface area contributed by atoms with Gasteiger partial charge in [-0.25, -0.2) is 4.39 Å². The first-order valence-corrected chi connectivity index (χ1v) is 4.77. The molecular formula is C10H11FN2O2. The summed E-state index contributed by atoms with van der Waals surface area (Å²) in [5.74, 6) is 0. The van der Waals surface area contributed by atoms with E-state index in [9.17, 15) is 14.5 Å². The molecule has 1 fully saturated rings. The average Bonchev–Trinajstić information content (AvgIpc) is 2.24. The summed E-state index contributed by atoms with van der Waals surface area (Å²) in [6, 6.07) is 6.10. The van der Waals surface area contributed by atoms with Crippen LogP contribution in [0.15, 0.2) is 24.3 Å². The molecule has 0 bridgehead atoms. The van der Waals surface area contributed by atoms with Crippen LogP contribution < -0.4 is 5.32 Å². The summed E-state index contributed by atoms with van der Waals surface area (Å²) in [6.45, 7) is 0.414. The standard InChI is InChI=1S/C10H11FN2O2/c11-9-6-12-10(9)5-7-1-3-8(4-2-7)13(14)15/h1-4,9-10,12H,5-6H2. The second kappa shape index (κ2) is 3.94. The minimum absolute atomic E-state index is 0.0668. The van der Waals surface area contributed by atoms with Gasteiger partial charge in [0.25, 0.3) is 5.69 Å². The van der Waals surface area contributed by atoms with Crippen LogP contribution in [0.4, 0.5) is 10.1 Å². The first-order valence-electron chi connectivity index (χ1n) is 4.77. The van der Waals surface area contributed by atoms with Gasteiger partial charge in [0.1, 0.15) is 6.17 Å². The molecule has 2 rings (SSSR count). The van der Waals surface area contributed by atoms with E-state index in [0.717, 1.165) is 5.56 Å².